The molecule has 0 amide bonds. The summed E-state index contributed by atoms with van der Waals surface area (Å²) >= 11 is 5.07. The number of alkyl halides is 3. The molecule has 0 fully saturated rings. The van der Waals surface area contributed by atoms with Crippen molar-refractivity contribution >= 4 is 44.3 Å². The number of hydrogen-bond donors (Lipinski definition) is 0. The number of carbonyl (C=O) groups excluding carboxylic acids is 1. The molecule has 15 heavy (non-hydrogen) atoms. The number of hydrogen-bond acceptors (Lipinski definition) is 1. The lowest BCUT2D eigenvalue weighted by atomic mass is 10.1. The lowest BCUT2D eigenvalue weighted by Gasteiger charge is -2.05. The van der Waals surface area contributed by atoms with Gasteiger partial charge in [-0.05, 0) is 34.7 Å². The van der Waals surface area contributed by atoms with Crippen molar-refractivity contribution < 1.29 is 13.6 Å². The Morgan fingerprint density at radius 1 is 1.47 bits per heavy atom. The van der Waals surface area contributed by atoms with E-state index in [4.69, 9.17) is 0 Å². The third-order valence-electron chi connectivity index (χ3n) is 1.87. The van der Waals surface area contributed by atoms with Crippen molar-refractivity contribution in [1.29, 1.82) is 0 Å². The fourth-order valence-corrected chi connectivity index (χ4v) is 2.31. The Morgan fingerprint density at radius 2 is 2.13 bits per heavy atom. The van der Waals surface area contributed by atoms with Crippen LogP contribution in [-0.4, -0.2) is 11.1 Å². The SMILES string of the molecule is O=C(CCBr)c1ccc(C(F)F)cc1I. The fourth-order valence-electron chi connectivity index (χ4n) is 1.11. The zero-order valence-electron chi connectivity index (χ0n) is 7.64. The minimum absolute atomic E-state index is 0.0305. The quantitative estimate of drug-likeness (QED) is 0.429. The largest absolute Gasteiger partial charge is 0.294 e. The van der Waals surface area contributed by atoms with Crippen molar-refractivity contribution in [2.75, 3.05) is 5.33 Å². The van der Waals surface area contributed by atoms with Gasteiger partial charge in [0, 0.05) is 26.4 Å². The molecular formula is C10H8BrF2IO. The molecule has 0 N–H and O–H groups in total. The zero-order valence-corrected chi connectivity index (χ0v) is 11.4. The summed E-state index contributed by atoms with van der Waals surface area (Å²) in [6.07, 6.45) is -2.11. The fraction of sp³-hybridized carbons (Fsp3) is 0.300. The monoisotopic (exact) mass is 388 g/mol. The molecule has 5 heteroatoms. The molecule has 0 aromatic heterocycles. The molecule has 1 rings (SSSR count). The second-order valence-electron chi connectivity index (χ2n) is 2.90. The van der Waals surface area contributed by atoms with E-state index in [9.17, 15) is 13.6 Å². The number of benzene rings is 1. The summed E-state index contributed by atoms with van der Waals surface area (Å²) in [5, 5.41) is 0.582. The maximum Gasteiger partial charge on any atom is 0.263 e. The van der Waals surface area contributed by atoms with Crippen LogP contribution >= 0.6 is 38.5 Å². The van der Waals surface area contributed by atoms with E-state index in [1.165, 1.54) is 18.2 Å². The summed E-state index contributed by atoms with van der Waals surface area (Å²) in [5.41, 5.74) is 0.467. The van der Waals surface area contributed by atoms with Gasteiger partial charge in [0.15, 0.2) is 5.78 Å². The number of ketones is 1. The van der Waals surface area contributed by atoms with Crippen molar-refractivity contribution in [1.82, 2.24) is 0 Å². The molecule has 0 spiro atoms. The van der Waals surface area contributed by atoms with Gasteiger partial charge in [-0.1, -0.05) is 22.0 Å². The molecule has 0 atom stereocenters. The van der Waals surface area contributed by atoms with Crippen LogP contribution in [0.25, 0.3) is 0 Å². The van der Waals surface area contributed by atoms with Gasteiger partial charge in [0.2, 0.25) is 0 Å². The van der Waals surface area contributed by atoms with Gasteiger partial charge < -0.3 is 0 Å². The molecule has 0 aliphatic rings. The van der Waals surface area contributed by atoms with E-state index in [0.717, 1.165) is 0 Å². The van der Waals surface area contributed by atoms with Crippen LogP contribution in [0.4, 0.5) is 8.78 Å². The number of halogens is 4. The van der Waals surface area contributed by atoms with Crippen molar-refractivity contribution in [3.05, 3.63) is 32.9 Å². The Labute approximate surface area is 109 Å². The highest BCUT2D eigenvalue weighted by atomic mass is 127. The molecule has 82 valence electrons. The van der Waals surface area contributed by atoms with E-state index >= 15 is 0 Å². The topological polar surface area (TPSA) is 17.1 Å². The molecular weight excluding hydrogens is 381 g/mol. The van der Waals surface area contributed by atoms with Crippen LogP contribution in [0.3, 0.4) is 0 Å². The van der Waals surface area contributed by atoms with Gasteiger partial charge in [-0.15, -0.1) is 0 Å². The van der Waals surface area contributed by atoms with E-state index in [2.05, 4.69) is 15.9 Å². The summed E-state index contributed by atoms with van der Waals surface area (Å²) in [6, 6.07) is 4.12. The lowest BCUT2D eigenvalue weighted by Crippen LogP contribution is -2.03. The van der Waals surface area contributed by atoms with Gasteiger partial charge in [-0.25, -0.2) is 8.78 Å². The first kappa shape index (κ1) is 13.0. The Morgan fingerprint density at radius 3 is 2.60 bits per heavy atom. The first-order valence-corrected chi connectivity index (χ1v) is 6.43. The van der Waals surface area contributed by atoms with E-state index < -0.39 is 6.43 Å². The maximum absolute atomic E-state index is 12.3. The summed E-state index contributed by atoms with van der Waals surface area (Å²) in [4.78, 5) is 11.5. The van der Waals surface area contributed by atoms with Crippen LogP contribution in [0.15, 0.2) is 18.2 Å². The van der Waals surface area contributed by atoms with E-state index in [1.807, 2.05) is 22.6 Å². The molecule has 0 saturated carbocycles. The lowest BCUT2D eigenvalue weighted by molar-refractivity contribution is 0.0988. The maximum atomic E-state index is 12.3. The molecule has 0 saturated heterocycles. The molecule has 0 radical (unpaired) electrons. The Balaban J connectivity index is 2.98. The summed E-state index contributed by atoms with van der Waals surface area (Å²) in [7, 11) is 0. The zero-order chi connectivity index (χ0) is 11.4. The van der Waals surface area contributed by atoms with Crippen LogP contribution in [0.2, 0.25) is 0 Å². The van der Waals surface area contributed by atoms with E-state index in [0.29, 0.717) is 20.9 Å². The molecule has 0 aliphatic carbocycles. The Hall–Kier alpha value is -0.0400. The molecule has 0 heterocycles. The highest BCUT2D eigenvalue weighted by Gasteiger charge is 2.13. The van der Waals surface area contributed by atoms with Gasteiger partial charge in [0.25, 0.3) is 6.43 Å². The highest BCUT2D eigenvalue weighted by Crippen LogP contribution is 2.23. The van der Waals surface area contributed by atoms with Crippen molar-refractivity contribution in [2.45, 2.75) is 12.8 Å². The predicted octanol–water partition coefficient (Wildman–Crippen LogP) is 4.20. The first-order valence-electron chi connectivity index (χ1n) is 4.23. The van der Waals surface area contributed by atoms with Gasteiger partial charge in [0.05, 0.1) is 0 Å². The first-order chi connectivity index (χ1) is 7.06. The second kappa shape index (κ2) is 5.89. The van der Waals surface area contributed by atoms with Crippen LogP contribution in [-0.2, 0) is 0 Å². The smallest absolute Gasteiger partial charge is 0.263 e. The normalized spacial score (nSPS) is 10.7. The Bertz CT molecular complexity index is 368. The molecule has 0 aliphatic heterocycles. The number of rotatable bonds is 4. The molecule has 1 aromatic carbocycles. The van der Waals surface area contributed by atoms with Crippen molar-refractivity contribution in [3.8, 4) is 0 Å². The number of Topliss-reactive ketones (excluding diaryl/α,β-unsaturated/α-hetero) is 1. The van der Waals surface area contributed by atoms with Crippen molar-refractivity contribution in [2.24, 2.45) is 0 Å². The molecule has 1 nitrogen and oxygen atoms in total. The predicted molar refractivity (Wildman–Crippen MR) is 66.9 cm³/mol. The third-order valence-corrected chi connectivity index (χ3v) is 3.16. The van der Waals surface area contributed by atoms with Crippen LogP contribution in [0.5, 0.6) is 0 Å². The van der Waals surface area contributed by atoms with Crippen LogP contribution in [0, 0.1) is 3.57 Å². The van der Waals surface area contributed by atoms with E-state index in [1.54, 1.807) is 0 Å². The molecule has 0 bridgehead atoms. The van der Waals surface area contributed by atoms with Crippen molar-refractivity contribution in [3.63, 3.8) is 0 Å². The average Bonchev–Trinajstić information content (AvgIpc) is 2.17. The third kappa shape index (κ3) is 3.48. The molecule has 0 unspecified atom stereocenters. The second-order valence-corrected chi connectivity index (χ2v) is 4.86. The summed E-state index contributed by atoms with van der Waals surface area (Å²) < 4.78 is 25.2. The average molecular weight is 389 g/mol. The number of carbonyl (C=O) groups is 1. The van der Waals surface area contributed by atoms with Gasteiger partial charge in [0.1, 0.15) is 0 Å². The van der Waals surface area contributed by atoms with Gasteiger partial charge in [-0.3, -0.25) is 4.79 Å². The summed E-state index contributed by atoms with van der Waals surface area (Å²) in [5.74, 6) is -0.0305. The Kier molecular flexibility index (Phi) is 5.11. The summed E-state index contributed by atoms with van der Waals surface area (Å²) in [6.45, 7) is 0. The molecule has 1 aromatic rings. The van der Waals surface area contributed by atoms with E-state index in [-0.39, 0.29) is 11.3 Å². The highest BCUT2D eigenvalue weighted by molar-refractivity contribution is 14.1. The minimum atomic E-state index is -2.49. The standard InChI is InChI=1S/C10H8BrF2IO/c11-4-3-9(15)7-2-1-6(10(12)13)5-8(7)14/h1-2,5,10H,3-4H2. The van der Waals surface area contributed by atoms with Gasteiger partial charge >= 0.3 is 0 Å². The van der Waals surface area contributed by atoms with Gasteiger partial charge in [-0.2, -0.15) is 0 Å². The van der Waals surface area contributed by atoms with Crippen LogP contribution < -0.4 is 0 Å². The minimum Gasteiger partial charge on any atom is -0.294 e. The van der Waals surface area contributed by atoms with Crippen LogP contribution in [0.1, 0.15) is 28.8 Å².